The van der Waals surface area contributed by atoms with Crippen molar-refractivity contribution in [1.82, 2.24) is 9.13 Å². The average Bonchev–Trinajstić information content (AvgIpc) is 2.98. The molecule has 9 heteroatoms. The zero-order chi connectivity index (χ0) is 17.8. The summed E-state index contributed by atoms with van der Waals surface area (Å²) in [6.07, 6.45) is -1.60. The van der Waals surface area contributed by atoms with Gasteiger partial charge in [-0.3, -0.25) is 18.7 Å². The third-order valence-electron chi connectivity index (χ3n) is 4.27. The molecule has 9 nitrogen and oxygen atoms in total. The van der Waals surface area contributed by atoms with Crippen LogP contribution in [0.2, 0.25) is 0 Å². The summed E-state index contributed by atoms with van der Waals surface area (Å²) in [6.45, 7) is 4.39. The maximum absolute atomic E-state index is 12.5. The van der Waals surface area contributed by atoms with Gasteiger partial charge in [0.1, 0.15) is 18.3 Å². The maximum atomic E-state index is 12.5. The van der Waals surface area contributed by atoms with Gasteiger partial charge >= 0.3 is 5.69 Å². The van der Waals surface area contributed by atoms with E-state index < -0.39 is 47.4 Å². The van der Waals surface area contributed by atoms with E-state index in [0.29, 0.717) is 0 Å². The normalized spacial score (nSPS) is 31.2. The van der Waals surface area contributed by atoms with Gasteiger partial charge in [0.15, 0.2) is 17.8 Å². The number of ketones is 1. The van der Waals surface area contributed by atoms with Gasteiger partial charge in [0, 0.05) is 13.2 Å². The Labute approximate surface area is 137 Å². The highest BCUT2D eigenvalue weighted by atomic mass is 16.8. The van der Waals surface area contributed by atoms with Gasteiger partial charge in [0.2, 0.25) is 0 Å². The van der Waals surface area contributed by atoms with E-state index in [2.05, 4.69) is 0 Å². The molecule has 0 aliphatic carbocycles. The van der Waals surface area contributed by atoms with Crippen LogP contribution in [0.1, 0.15) is 37.4 Å². The Kier molecular flexibility index (Phi) is 3.99. The summed E-state index contributed by atoms with van der Waals surface area (Å²) in [5, 5.41) is 9.50. The summed E-state index contributed by atoms with van der Waals surface area (Å²) in [5.41, 5.74) is -1.43. The van der Waals surface area contributed by atoms with Crippen LogP contribution in [-0.4, -0.2) is 50.7 Å². The number of aromatic nitrogens is 2. The highest BCUT2D eigenvalue weighted by molar-refractivity contribution is 5.93. The molecular formula is C15H20N2O7. The number of nitrogens with zero attached hydrogens (tertiary/aromatic N) is 2. The van der Waals surface area contributed by atoms with Gasteiger partial charge in [0.05, 0.1) is 12.2 Å². The SMILES string of the molecule is CC(=O)c1cn(C2OC(CO)C3OC(C)(C)OC32)c(=O)n(C)c1=O. The first-order chi connectivity index (χ1) is 11.2. The molecule has 4 atom stereocenters. The van der Waals surface area contributed by atoms with Gasteiger partial charge in [0.25, 0.3) is 5.56 Å². The Hall–Kier alpha value is -1.81. The van der Waals surface area contributed by atoms with Crippen LogP contribution in [0.15, 0.2) is 15.8 Å². The van der Waals surface area contributed by atoms with Crippen LogP contribution in [0.4, 0.5) is 0 Å². The zero-order valence-electron chi connectivity index (χ0n) is 13.9. The number of Topliss-reactive ketones (excluding diaryl/α,β-unsaturated/α-hetero) is 1. The Balaban J connectivity index is 2.11. The number of hydrogen-bond acceptors (Lipinski definition) is 7. The van der Waals surface area contributed by atoms with Crippen LogP contribution in [0.3, 0.4) is 0 Å². The van der Waals surface area contributed by atoms with Crippen molar-refractivity contribution in [3.63, 3.8) is 0 Å². The Morgan fingerprint density at radius 3 is 2.50 bits per heavy atom. The minimum atomic E-state index is -0.911. The number of carbonyl (C=O) groups excluding carboxylic acids is 1. The number of aliphatic hydroxyl groups excluding tert-OH is 1. The second-order valence-corrected chi connectivity index (χ2v) is 6.47. The van der Waals surface area contributed by atoms with Crippen molar-refractivity contribution in [2.45, 2.75) is 51.1 Å². The van der Waals surface area contributed by atoms with E-state index in [1.54, 1.807) is 13.8 Å². The van der Waals surface area contributed by atoms with Gasteiger partial charge in [-0.1, -0.05) is 0 Å². The fourth-order valence-electron chi connectivity index (χ4n) is 3.14. The molecule has 0 spiro atoms. The van der Waals surface area contributed by atoms with Crippen LogP contribution in [0.5, 0.6) is 0 Å². The Morgan fingerprint density at radius 2 is 1.92 bits per heavy atom. The standard InChI is InChI=1S/C15H20N2O7/c1-7(19)8-5-17(14(21)16(4)12(8)20)13-11-10(9(6-18)22-13)23-15(2,3)24-11/h5,9-11,13,18H,6H2,1-4H3. The van der Waals surface area contributed by atoms with Crippen LogP contribution >= 0.6 is 0 Å². The quantitative estimate of drug-likeness (QED) is 0.715. The Morgan fingerprint density at radius 1 is 1.29 bits per heavy atom. The topological polar surface area (TPSA) is 109 Å². The van der Waals surface area contributed by atoms with Crippen LogP contribution in [0, 0.1) is 0 Å². The second-order valence-electron chi connectivity index (χ2n) is 6.47. The van der Waals surface area contributed by atoms with E-state index >= 15 is 0 Å². The molecule has 24 heavy (non-hydrogen) atoms. The molecule has 2 aliphatic rings. The van der Waals surface area contributed by atoms with Crippen molar-refractivity contribution in [3.05, 3.63) is 32.6 Å². The molecule has 0 bridgehead atoms. The van der Waals surface area contributed by atoms with Crippen molar-refractivity contribution >= 4 is 5.78 Å². The number of aliphatic hydroxyl groups is 1. The molecule has 4 unspecified atom stereocenters. The monoisotopic (exact) mass is 340 g/mol. The average molecular weight is 340 g/mol. The van der Waals surface area contributed by atoms with E-state index in [0.717, 1.165) is 9.13 Å². The highest BCUT2D eigenvalue weighted by Gasteiger charge is 2.56. The first kappa shape index (κ1) is 17.0. The summed E-state index contributed by atoms with van der Waals surface area (Å²) in [7, 11) is 1.29. The maximum Gasteiger partial charge on any atom is 0.332 e. The molecule has 0 saturated carbocycles. The van der Waals surface area contributed by atoms with E-state index in [-0.39, 0.29) is 12.2 Å². The molecule has 2 saturated heterocycles. The molecule has 1 aromatic rings. The van der Waals surface area contributed by atoms with Crippen LogP contribution in [-0.2, 0) is 21.3 Å². The number of fused-ring (bicyclic) bond motifs is 1. The van der Waals surface area contributed by atoms with Crippen molar-refractivity contribution in [1.29, 1.82) is 0 Å². The third-order valence-corrected chi connectivity index (χ3v) is 4.27. The first-order valence-corrected chi connectivity index (χ1v) is 7.61. The van der Waals surface area contributed by atoms with E-state index in [4.69, 9.17) is 14.2 Å². The predicted octanol–water partition coefficient (Wildman–Crippen LogP) is -0.841. The van der Waals surface area contributed by atoms with E-state index in [1.165, 1.54) is 20.2 Å². The van der Waals surface area contributed by atoms with Gasteiger partial charge < -0.3 is 19.3 Å². The summed E-state index contributed by atoms with van der Waals surface area (Å²) >= 11 is 0. The summed E-state index contributed by atoms with van der Waals surface area (Å²) < 4.78 is 19.3. The fraction of sp³-hybridized carbons (Fsp3) is 0.667. The smallest absolute Gasteiger partial charge is 0.332 e. The zero-order valence-corrected chi connectivity index (χ0v) is 13.9. The molecule has 0 radical (unpaired) electrons. The lowest BCUT2D eigenvalue weighted by atomic mass is 10.1. The molecule has 3 heterocycles. The predicted molar refractivity (Wildman–Crippen MR) is 80.8 cm³/mol. The van der Waals surface area contributed by atoms with Gasteiger partial charge in [-0.25, -0.2) is 4.79 Å². The first-order valence-electron chi connectivity index (χ1n) is 7.61. The lowest BCUT2D eigenvalue weighted by Crippen LogP contribution is -2.44. The third kappa shape index (κ3) is 2.53. The van der Waals surface area contributed by atoms with Crippen LogP contribution in [0.25, 0.3) is 0 Å². The molecule has 132 valence electrons. The van der Waals surface area contributed by atoms with Crippen LogP contribution < -0.4 is 11.2 Å². The van der Waals surface area contributed by atoms with E-state index in [1.807, 2.05) is 0 Å². The number of hydrogen-bond donors (Lipinski definition) is 1. The van der Waals surface area contributed by atoms with Gasteiger partial charge in [-0.05, 0) is 20.8 Å². The number of carbonyl (C=O) groups is 1. The summed E-state index contributed by atoms with van der Waals surface area (Å²) in [6, 6.07) is 0. The van der Waals surface area contributed by atoms with Gasteiger partial charge in [-0.15, -0.1) is 0 Å². The number of ether oxygens (including phenoxy) is 3. The number of rotatable bonds is 3. The molecular weight excluding hydrogens is 320 g/mol. The van der Waals surface area contributed by atoms with Crippen molar-refractivity contribution in [3.8, 4) is 0 Å². The van der Waals surface area contributed by atoms with Crippen molar-refractivity contribution in [2.75, 3.05) is 6.61 Å². The second kappa shape index (κ2) is 5.62. The minimum absolute atomic E-state index is 0.122. The summed E-state index contributed by atoms with van der Waals surface area (Å²) in [5.74, 6) is -1.35. The molecule has 2 aliphatic heterocycles. The molecule has 0 amide bonds. The lowest BCUT2D eigenvalue weighted by molar-refractivity contribution is -0.200. The largest absolute Gasteiger partial charge is 0.394 e. The van der Waals surface area contributed by atoms with Crippen molar-refractivity contribution < 1.29 is 24.1 Å². The molecule has 0 aromatic carbocycles. The molecule has 2 fully saturated rings. The van der Waals surface area contributed by atoms with E-state index in [9.17, 15) is 19.5 Å². The van der Waals surface area contributed by atoms with Gasteiger partial charge in [-0.2, -0.15) is 0 Å². The highest BCUT2D eigenvalue weighted by Crippen LogP contribution is 2.42. The minimum Gasteiger partial charge on any atom is -0.394 e. The summed E-state index contributed by atoms with van der Waals surface area (Å²) in [4.78, 5) is 36.2. The Bertz CT molecular complexity index is 794. The molecule has 1 N–H and O–H groups in total. The fourth-order valence-corrected chi connectivity index (χ4v) is 3.14. The van der Waals surface area contributed by atoms with Crippen molar-refractivity contribution in [2.24, 2.45) is 7.05 Å². The molecule has 3 rings (SSSR count). The molecule has 1 aromatic heterocycles. The lowest BCUT2D eigenvalue weighted by Gasteiger charge is -2.24.